The van der Waals surface area contributed by atoms with E-state index in [1.165, 1.54) is 12.8 Å². The van der Waals surface area contributed by atoms with Crippen molar-refractivity contribution in [3.63, 3.8) is 0 Å². The Bertz CT molecular complexity index is 337. The van der Waals surface area contributed by atoms with Crippen LogP contribution in [-0.2, 0) is 12.0 Å². The Kier molecular flexibility index (Phi) is 3.28. The van der Waals surface area contributed by atoms with E-state index in [9.17, 15) is 0 Å². The summed E-state index contributed by atoms with van der Waals surface area (Å²) in [6.45, 7) is 4.43. The molecule has 0 radical (unpaired) electrons. The molecular formula is C12H22N4. The highest BCUT2D eigenvalue weighted by Crippen LogP contribution is 2.35. The van der Waals surface area contributed by atoms with E-state index in [-0.39, 0.29) is 5.54 Å². The normalized spacial score (nSPS) is 30.6. The maximum atomic E-state index is 6.41. The molecule has 0 atom stereocenters. The molecule has 1 aromatic heterocycles. The Morgan fingerprint density at radius 2 is 2.12 bits per heavy atom. The van der Waals surface area contributed by atoms with Crippen LogP contribution in [0.2, 0.25) is 0 Å². The number of nitrogens with zero attached hydrogens (tertiary/aromatic N) is 2. The Balaban J connectivity index is 2.09. The second-order valence-electron chi connectivity index (χ2n) is 5.19. The quantitative estimate of drug-likeness (QED) is 0.823. The minimum absolute atomic E-state index is 0.283. The second-order valence-corrected chi connectivity index (χ2v) is 5.19. The van der Waals surface area contributed by atoms with Crippen molar-refractivity contribution in [1.82, 2.24) is 15.2 Å². The van der Waals surface area contributed by atoms with E-state index in [0.29, 0.717) is 0 Å². The topological polar surface area (TPSA) is 67.6 Å². The van der Waals surface area contributed by atoms with Crippen molar-refractivity contribution in [3.8, 4) is 0 Å². The SMILES string of the molecule is CCCc1nc(C2(N)CCC(C)CC2)n[nH]1. The van der Waals surface area contributed by atoms with Crippen LogP contribution in [0.15, 0.2) is 0 Å². The summed E-state index contributed by atoms with van der Waals surface area (Å²) >= 11 is 0. The third kappa shape index (κ3) is 2.26. The predicted octanol–water partition coefficient (Wildman–Crippen LogP) is 2.12. The lowest BCUT2D eigenvalue weighted by molar-refractivity contribution is 0.237. The Morgan fingerprint density at radius 3 is 2.75 bits per heavy atom. The van der Waals surface area contributed by atoms with Crippen molar-refractivity contribution < 1.29 is 0 Å². The molecule has 16 heavy (non-hydrogen) atoms. The molecule has 90 valence electrons. The molecule has 0 amide bonds. The third-order valence-corrected chi connectivity index (χ3v) is 3.63. The minimum atomic E-state index is -0.283. The van der Waals surface area contributed by atoms with E-state index in [4.69, 9.17) is 5.73 Å². The summed E-state index contributed by atoms with van der Waals surface area (Å²) in [6.07, 6.45) is 6.44. The van der Waals surface area contributed by atoms with E-state index in [0.717, 1.165) is 43.3 Å². The van der Waals surface area contributed by atoms with Crippen molar-refractivity contribution in [3.05, 3.63) is 11.6 Å². The first-order valence-electron chi connectivity index (χ1n) is 6.34. The van der Waals surface area contributed by atoms with Crippen LogP contribution in [0.5, 0.6) is 0 Å². The predicted molar refractivity (Wildman–Crippen MR) is 63.9 cm³/mol. The molecule has 4 nitrogen and oxygen atoms in total. The summed E-state index contributed by atoms with van der Waals surface area (Å²) in [6, 6.07) is 0. The van der Waals surface area contributed by atoms with Crippen LogP contribution < -0.4 is 5.73 Å². The summed E-state index contributed by atoms with van der Waals surface area (Å²) in [5.74, 6) is 2.59. The van der Waals surface area contributed by atoms with Gasteiger partial charge >= 0.3 is 0 Å². The van der Waals surface area contributed by atoms with Gasteiger partial charge in [0.2, 0.25) is 0 Å². The fourth-order valence-electron chi connectivity index (χ4n) is 2.37. The van der Waals surface area contributed by atoms with Crippen molar-refractivity contribution in [2.24, 2.45) is 11.7 Å². The number of nitrogens with one attached hydrogen (secondary N) is 1. The van der Waals surface area contributed by atoms with Crippen LogP contribution in [0.3, 0.4) is 0 Å². The van der Waals surface area contributed by atoms with Gasteiger partial charge in [-0.15, -0.1) is 0 Å². The van der Waals surface area contributed by atoms with Crippen LogP contribution in [0.25, 0.3) is 0 Å². The largest absolute Gasteiger partial charge is 0.319 e. The van der Waals surface area contributed by atoms with Crippen LogP contribution in [0.1, 0.15) is 57.6 Å². The maximum Gasteiger partial charge on any atom is 0.170 e. The van der Waals surface area contributed by atoms with E-state index in [1.807, 2.05) is 0 Å². The molecule has 0 aromatic carbocycles. The lowest BCUT2D eigenvalue weighted by Crippen LogP contribution is -2.41. The van der Waals surface area contributed by atoms with Gasteiger partial charge in [0.05, 0.1) is 5.54 Å². The van der Waals surface area contributed by atoms with E-state index in [1.54, 1.807) is 0 Å². The molecule has 2 rings (SSSR count). The van der Waals surface area contributed by atoms with Gasteiger partial charge in [-0.25, -0.2) is 4.98 Å². The standard InChI is InChI=1S/C12H22N4/c1-3-4-10-14-11(16-15-10)12(13)7-5-9(2)6-8-12/h9H,3-8,13H2,1-2H3,(H,14,15,16). The first-order valence-corrected chi connectivity index (χ1v) is 6.34. The molecule has 1 aliphatic rings. The van der Waals surface area contributed by atoms with Gasteiger partial charge in [-0.05, 0) is 38.0 Å². The Labute approximate surface area is 97.0 Å². The maximum absolute atomic E-state index is 6.41. The molecule has 1 fully saturated rings. The van der Waals surface area contributed by atoms with E-state index >= 15 is 0 Å². The summed E-state index contributed by atoms with van der Waals surface area (Å²) in [4.78, 5) is 4.53. The molecule has 0 saturated heterocycles. The molecule has 1 heterocycles. The van der Waals surface area contributed by atoms with Gasteiger partial charge in [0.15, 0.2) is 5.82 Å². The first-order chi connectivity index (χ1) is 7.64. The molecule has 1 saturated carbocycles. The average molecular weight is 222 g/mol. The zero-order chi connectivity index (χ0) is 11.6. The number of hydrogen-bond acceptors (Lipinski definition) is 3. The van der Waals surface area contributed by atoms with Gasteiger partial charge in [0, 0.05) is 6.42 Å². The number of hydrogen-bond donors (Lipinski definition) is 2. The Morgan fingerprint density at radius 1 is 1.44 bits per heavy atom. The number of rotatable bonds is 3. The van der Waals surface area contributed by atoms with Gasteiger partial charge in [-0.3, -0.25) is 5.10 Å². The van der Waals surface area contributed by atoms with Gasteiger partial charge in [-0.2, -0.15) is 5.10 Å². The summed E-state index contributed by atoms with van der Waals surface area (Å²) in [7, 11) is 0. The highest BCUT2D eigenvalue weighted by atomic mass is 15.2. The lowest BCUT2D eigenvalue weighted by atomic mass is 9.77. The average Bonchev–Trinajstić information content (AvgIpc) is 2.73. The van der Waals surface area contributed by atoms with Gasteiger partial charge in [-0.1, -0.05) is 13.8 Å². The highest BCUT2D eigenvalue weighted by Gasteiger charge is 2.35. The molecule has 0 aliphatic heterocycles. The van der Waals surface area contributed by atoms with Crippen LogP contribution in [0.4, 0.5) is 0 Å². The second kappa shape index (κ2) is 4.53. The number of aryl methyl sites for hydroxylation is 1. The first kappa shape index (κ1) is 11.6. The van der Waals surface area contributed by atoms with Crippen molar-refractivity contribution in [2.45, 2.75) is 57.9 Å². The minimum Gasteiger partial charge on any atom is -0.319 e. The fourth-order valence-corrected chi connectivity index (χ4v) is 2.37. The van der Waals surface area contributed by atoms with Crippen LogP contribution in [-0.4, -0.2) is 15.2 Å². The molecule has 0 spiro atoms. The summed E-state index contributed by atoms with van der Waals surface area (Å²) in [5, 5.41) is 7.29. The van der Waals surface area contributed by atoms with Crippen LogP contribution in [0, 0.1) is 5.92 Å². The molecule has 0 unspecified atom stereocenters. The molecule has 4 heteroatoms. The summed E-state index contributed by atoms with van der Waals surface area (Å²) < 4.78 is 0. The zero-order valence-corrected chi connectivity index (χ0v) is 10.3. The number of aromatic nitrogens is 3. The molecule has 1 aromatic rings. The third-order valence-electron chi connectivity index (χ3n) is 3.63. The highest BCUT2D eigenvalue weighted by molar-refractivity contribution is 5.07. The van der Waals surface area contributed by atoms with Gasteiger partial charge in [0.25, 0.3) is 0 Å². The fraction of sp³-hybridized carbons (Fsp3) is 0.833. The lowest BCUT2D eigenvalue weighted by Gasteiger charge is -2.33. The van der Waals surface area contributed by atoms with E-state index in [2.05, 4.69) is 29.0 Å². The van der Waals surface area contributed by atoms with E-state index < -0.39 is 0 Å². The molecule has 3 N–H and O–H groups in total. The number of H-pyrrole nitrogens is 1. The Hall–Kier alpha value is -0.900. The molecule has 0 bridgehead atoms. The van der Waals surface area contributed by atoms with Crippen molar-refractivity contribution in [1.29, 1.82) is 0 Å². The zero-order valence-electron chi connectivity index (χ0n) is 10.3. The van der Waals surface area contributed by atoms with Gasteiger partial charge in [0.1, 0.15) is 5.82 Å². The molecule has 1 aliphatic carbocycles. The number of aromatic amines is 1. The van der Waals surface area contributed by atoms with Crippen molar-refractivity contribution >= 4 is 0 Å². The van der Waals surface area contributed by atoms with Crippen molar-refractivity contribution in [2.75, 3.05) is 0 Å². The number of nitrogens with two attached hydrogens (primary N) is 1. The smallest absolute Gasteiger partial charge is 0.170 e. The molecular weight excluding hydrogens is 200 g/mol. The van der Waals surface area contributed by atoms with Gasteiger partial charge < -0.3 is 5.73 Å². The monoisotopic (exact) mass is 222 g/mol. The van der Waals surface area contributed by atoms with Crippen LogP contribution >= 0.6 is 0 Å². The summed E-state index contributed by atoms with van der Waals surface area (Å²) in [5.41, 5.74) is 6.12.